The highest BCUT2D eigenvalue weighted by Gasteiger charge is 2.23. The second-order valence-electron chi connectivity index (χ2n) is 4.58. The first-order valence-electron chi connectivity index (χ1n) is 6.28. The Kier molecular flexibility index (Phi) is 2.99. The summed E-state index contributed by atoms with van der Waals surface area (Å²) in [5.74, 6) is 0.720. The van der Waals surface area contributed by atoms with Gasteiger partial charge in [0.1, 0.15) is 6.10 Å². The zero-order valence-electron chi connectivity index (χ0n) is 10.2. The van der Waals surface area contributed by atoms with E-state index in [4.69, 9.17) is 10.5 Å². The molecule has 1 heterocycles. The summed E-state index contributed by atoms with van der Waals surface area (Å²) in [4.78, 5) is 4.53. The number of hydrogen-bond donors (Lipinski definition) is 1. The maximum Gasteiger partial charge on any atom is 0.214 e. The van der Waals surface area contributed by atoms with E-state index in [0.29, 0.717) is 12.6 Å². The number of hydrogen-bond acceptors (Lipinski definition) is 3. The van der Waals surface area contributed by atoms with Crippen molar-refractivity contribution in [2.75, 3.05) is 0 Å². The normalized spacial score (nSPS) is 14.5. The molecule has 0 bridgehead atoms. The standard InChI is InChI=1S/C15H16N2O/c16-10-11-4-6-12(7-5-11)14-2-1-3-15(17-14)18-13-8-9-13/h1-7,13H,8-10,16H2. The summed E-state index contributed by atoms with van der Waals surface area (Å²) in [6, 6.07) is 14.1. The molecule has 0 aliphatic heterocycles. The van der Waals surface area contributed by atoms with E-state index in [1.165, 1.54) is 0 Å². The smallest absolute Gasteiger partial charge is 0.214 e. The van der Waals surface area contributed by atoms with Crippen LogP contribution in [0.5, 0.6) is 5.88 Å². The lowest BCUT2D eigenvalue weighted by Gasteiger charge is -2.06. The van der Waals surface area contributed by atoms with Crippen LogP contribution in [-0.4, -0.2) is 11.1 Å². The summed E-state index contributed by atoms with van der Waals surface area (Å²) in [5.41, 5.74) is 8.75. The van der Waals surface area contributed by atoms with Crippen LogP contribution < -0.4 is 10.5 Å². The molecule has 0 unspecified atom stereocenters. The minimum atomic E-state index is 0.382. The average molecular weight is 240 g/mol. The first-order valence-corrected chi connectivity index (χ1v) is 6.28. The Hall–Kier alpha value is -1.87. The fourth-order valence-electron chi connectivity index (χ4n) is 1.81. The van der Waals surface area contributed by atoms with Crippen molar-refractivity contribution in [2.24, 2.45) is 5.73 Å². The molecular formula is C15H16N2O. The number of pyridine rings is 1. The molecule has 1 aliphatic carbocycles. The minimum Gasteiger partial charge on any atom is -0.474 e. The van der Waals surface area contributed by atoms with Gasteiger partial charge in [0.25, 0.3) is 0 Å². The summed E-state index contributed by atoms with van der Waals surface area (Å²) >= 11 is 0. The fraction of sp³-hybridized carbons (Fsp3) is 0.267. The lowest BCUT2D eigenvalue weighted by molar-refractivity contribution is 0.291. The molecule has 1 saturated carbocycles. The van der Waals surface area contributed by atoms with Crippen LogP contribution in [0.3, 0.4) is 0 Å². The van der Waals surface area contributed by atoms with Gasteiger partial charge in [-0.1, -0.05) is 30.3 Å². The third kappa shape index (κ3) is 2.51. The van der Waals surface area contributed by atoms with E-state index in [1.54, 1.807) is 0 Å². The minimum absolute atomic E-state index is 0.382. The van der Waals surface area contributed by atoms with Gasteiger partial charge in [-0.05, 0) is 24.5 Å². The van der Waals surface area contributed by atoms with Gasteiger partial charge in [-0.2, -0.15) is 0 Å². The molecule has 1 aromatic heterocycles. The van der Waals surface area contributed by atoms with Gasteiger partial charge in [0.2, 0.25) is 5.88 Å². The van der Waals surface area contributed by atoms with Crippen LogP contribution in [0, 0.1) is 0 Å². The SMILES string of the molecule is NCc1ccc(-c2cccc(OC3CC3)n2)cc1. The van der Waals surface area contributed by atoms with Gasteiger partial charge in [0.05, 0.1) is 5.69 Å². The number of rotatable bonds is 4. The van der Waals surface area contributed by atoms with Crippen molar-refractivity contribution in [1.29, 1.82) is 0 Å². The van der Waals surface area contributed by atoms with E-state index >= 15 is 0 Å². The maximum absolute atomic E-state index is 5.70. The summed E-state index contributed by atoms with van der Waals surface area (Å²) in [5, 5.41) is 0. The molecule has 1 fully saturated rings. The summed E-state index contributed by atoms with van der Waals surface area (Å²) in [7, 11) is 0. The van der Waals surface area contributed by atoms with Crippen molar-refractivity contribution >= 4 is 0 Å². The molecule has 1 aromatic carbocycles. The molecule has 3 nitrogen and oxygen atoms in total. The number of benzene rings is 1. The van der Waals surface area contributed by atoms with Crippen molar-refractivity contribution in [3.05, 3.63) is 48.0 Å². The Morgan fingerprint density at radius 3 is 2.56 bits per heavy atom. The maximum atomic E-state index is 5.70. The predicted octanol–water partition coefficient (Wildman–Crippen LogP) is 2.75. The molecule has 0 atom stereocenters. The quantitative estimate of drug-likeness (QED) is 0.894. The van der Waals surface area contributed by atoms with Gasteiger partial charge in [-0.15, -0.1) is 0 Å². The highest BCUT2D eigenvalue weighted by atomic mass is 16.5. The molecule has 18 heavy (non-hydrogen) atoms. The Morgan fingerprint density at radius 2 is 1.89 bits per heavy atom. The number of nitrogens with two attached hydrogens (primary N) is 1. The Bertz CT molecular complexity index is 532. The lowest BCUT2D eigenvalue weighted by Crippen LogP contribution is -1.99. The van der Waals surface area contributed by atoms with E-state index in [-0.39, 0.29) is 0 Å². The highest BCUT2D eigenvalue weighted by Crippen LogP contribution is 2.27. The zero-order valence-corrected chi connectivity index (χ0v) is 10.2. The second kappa shape index (κ2) is 4.78. The molecule has 2 N–H and O–H groups in total. The Labute approximate surface area is 107 Å². The molecule has 0 radical (unpaired) electrons. The summed E-state index contributed by atoms with van der Waals surface area (Å²) in [6.07, 6.45) is 2.68. The number of ether oxygens (including phenoxy) is 1. The van der Waals surface area contributed by atoms with Crippen LogP contribution in [0.1, 0.15) is 18.4 Å². The summed E-state index contributed by atoms with van der Waals surface area (Å²) < 4.78 is 5.70. The van der Waals surface area contributed by atoms with Crippen molar-refractivity contribution < 1.29 is 4.74 Å². The van der Waals surface area contributed by atoms with E-state index < -0.39 is 0 Å². The zero-order chi connectivity index (χ0) is 12.4. The van der Waals surface area contributed by atoms with Gasteiger partial charge in [-0.25, -0.2) is 4.98 Å². The van der Waals surface area contributed by atoms with Gasteiger partial charge < -0.3 is 10.5 Å². The topological polar surface area (TPSA) is 48.1 Å². The lowest BCUT2D eigenvalue weighted by atomic mass is 10.1. The molecule has 3 rings (SSSR count). The third-order valence-electron chi connectivity index (χ3n) is 3.02. The molecule has 2 aromatic rings. The van der Waals surface area contributed by atoms with Crippen molar-refractivity contribution in [1.82, 2.24) is 4.98 Å². The molecule has 0 saturated heterocycles. The van der Waals surface area contributed by atoms with Crippen LogP contribution in [0.2, 0.25) is 0 Å². The van der Waals surface area contributed by atoms with Gasteiger partial charge >= 0.3 is 0 Å². The van der Waals surface area contributed by atoms with Crippen LogP contribution in [-0.2, 0) is 6.54 Å². The Morgan fingerprint density at radius 1 is 1.11 bits per heavy atom. The van der Waals surface area contributed by atoms with E-state index in [2.05, 4.69) is 4.98 Å². The van der Waals surface area contributed by atoms with E-state index in [0.717, 1.165) is 35.5 Å². The Balaban J connectivity index is 1.84. The summed E-state index contributed by atoms with van der Waals surface area (Å²) in [6.45, 7) is 0.568. The van der Waals surface area contributed by atoms with Crippen molar-refractivity contribution in [2.45, 2.75) is 25.5 Å². The van der Waals surface area contributed by atoms with Crippen LogP contribution in [0.15, 0.2) is 42.5 Å². The molecular weight excluding hydrogens is 224 g/mol. The van der Waals surface area contributed by atoms with Crippen LogP contribution >= 0.6 is 0 Å². The van der Waals surface area contributed by atoms with Crippen molar-refractivity contribution in [3.8, 4) is 17.1 Å². The molecule has 0 amide bonds. The van der Waals surface area contributed by atoms with E-state index in [1.807, 2.05) is 42.5 Å². The first kappa shape index (κ1) is 11.2. The van der Waals surface area contributed by atoms with Gasteiger partial charge in [0, 0.05) is 18.2 Å². The largest absolute Gasteiger partial charge is 0.474 e. The molecule has 0 spiro atoms. The van der Waals surface area contributed by atoms with Gasteiger partial charge in [-0.3, -0.25) is 0 Å². The molecule has 3 heteroatoms. The van der Waals surface area contributed by atoms with Gasteiger partial charge in [0.15, 0.2) is 0 Å². The van der Waals surface area contributed by atoms with E-state index in [9.17, 15) is 0 Å². The van der Waals surface area contributed by atoms with Crippen LogP contribution in [0.4, 0.5) is 0 Å². The van der Waals surface area contributed by atoms with Crippen LogP contribution in [0.25, 0.3) is 11.3 Å². The monoisotopic (exact) mass is 240 g/mol. The number of nitrogens with zero attached hydrogens (tertiary/aromatic N) is 1. The van der Waals surface area contributed by atoms with Crippen molar-refractivity contribution in [3.63, 3.8) is 0 Å². The second-order valence-corrected chi connectivity index (χ2v) is 4.58. The molecule has 92 valence electrons. The fourth-order valence-corrected chi connectivity index (χ4v) is 1.81. The number of aromatic nitrogens is 1. The third-order valence-corrected chi connectivity index (χ3v) is 3.02. The highest BCUT2D eigenvalue weighted by molar-refractivity contribution is 5.59. The molecule has 1 aliphatic rings. The first-order chi connectivity index (χ1) is 8.85. The average Bonchev–Trinajstić information content (AvgIpc) is 3.23. The predicted molar refractivity (Wildman–Crippen MR) is 71.2 cm³/mol.